The van der Waals surface area contributed by atoms with Crippen LogP contribution in [0.3, 0.4) is 0 Å². The maximum absolute atomic E-state index is 12.5. The molecule has 0 rings (SSSR count). The fourth-order valence-corrected chi connectivity index (χ4v) is 12.9. The summed E-state index contributed by atoms with van der Waals surface area (Å²) < 4.78 is 5.52. The quantitative estimate of drug-likeness (QED) is 0.0320. The van der Waals surface area contributed by atoms with Crippen LogP contribution in [0.2, 0.25) is 0 Å². The van der Waals surface area contributed by atoms with E-state index < -0.39 is 12.1 Å². The molecule has 0 aromatic heterocycles. The van der Waals surface area contributed by atoms with E-state index in [-0.39, 0.29) is 18.5 Å². The molecule has 1 amide bonds. The molecule has 0 aliphatic rings. The highest BCUT2D eigenvalue weighted by Gasteiger charge is 2.18. The van der Waals surface area contributed by atoms with Gasteiger partial charge in [0.25, 0.3) is 0 Å². The summed E-state index contributed by atoms with van der Waals surface area (Å²) in [5.74, 6) is -0.0394. The van der Waals surface area contributed by atoms with Crippen LogP contribution in [-0.4, -0.2) is 47.4 Å². The van der Waals surface area contributed by atoms with Crippen LogP contribution in [0.5, 0.6) is 0 Å². The number of carbonyl (C=O) groups is 2. The Kier molecular flexibility index (Phi) is 75.3. The van der Waals surface area contributed by atoms with Crippen molar-refractivity contribution < 1.29 is 24.5 Å². The standard InChI is InChI=1S/C81H157NO5/c1-3-5-7-9-11-13-15-17-19-21-23-24-34-38-41-45-49-53-57-61-65-69-73-79(84)78(77-83)82-80(85)74-70-66-62-58-54-50-46-42-39-35-32-30-28-26-25-27-29-31-33-36-40-44-48-52-56-60-64-68-72-76-87-81(86)75-71-67-63-59-55-51-47-43-37-22-20-18-16-14-12-10-8-6-4-2/h18,20,69,73,78-79,83-84H,3-17,19,21-68,70-72,74-77H2,1-2H3,(H,82,85)/b20-18-,73-69+. The number of rotatable bonds is 76. The average Bonchev–Trinajstić information content (AvgIpc) is 3.52. The third-order valence-electron chi connectivity index (χ3n) is 19.0. The maximum atomic E-state index is 12.5. The van der Waals surface area contributed by atoms with Gasteiger partial charge in [-0.25, -0.2) is 0 Å². The fourth-order valence-electron chi connectivity index (χ4n) is 12.9. The van der Waals surface area contributed by atoms with Crippen LogP contribution < -0.4 is 5.32 Å². The van der Waals surface area contributed by atoms with Gasteiger partial charge in [-0.2, -0.15) is 0 Å². The van der Waals surface area contributed by atoms with Gasteiger partial charge in [0.1, 0.15) is 0 Å². The van der Waals surface area contributed by atoms with Crippen molar-refractivity contribution in [3.05, 3.63) is 24.3 Å². The number of amides is 1. The highest BCUT2D eigenvalue weighted by atomic mass is 16.5. The number of unbranched alkanes of at least 4 members (excludes halogenated alkanes) is 63. The SMILES string of the molecule is CCCCCCCC/C=C\CCCCCCCCCCCC(=O)OCCCCCCCCCCCCCCCCCCCCCCCCCCCCCCCC(=O)NC(CO)C(O)/C=C/CCCCCCCCCCCCCCCCCCCCCC. The zero-order valence-electron chi connectivity index (χ0n) is 59.3. The predicted octanol–water partition coefficient (Wildman–Crippen LogP) is 26.4. The van der Waals surface area contributed by atoms with E-state index in [9.17, 15) is 19.8 Å². The molecular weight excluding hydrogens is 1070 g/mol. The van der Waals surface area contributed by atoms with Crippen molar-refractivity contribution in [1.82, 2.24) is 5.32 Å². The second-order valence-corrected chi connectivity index (χ2v) is 27.8. The average molecular weight is 1230 g/mol. The van der Waals surface area contributed by atoms with Crippen molar-refractivity contribution in [2.75, 3.05) is 13.2 Å². The number of esters is 1. The molecule has 6 heteroatoms. The van der Waals surface area contributed by atoms with Crippen molar-refractivity contribution in [2.24, 2.45) is 0 Å². The minimum absolute atomic E-state index is 0.0199. The van der Waals surface area contributed by atoms with E-state index in [1.54, 1.807) is 6.08 Å². The number of allylic oxidation sites excluding steroid dienone is 3. The van der Waals surface area contributed by atoms with Gasteiger partial charge in [-0.1, -0.05) is 411 Å². The monoisotopic (exact) mass is 1220 g/mol. The van der Waals surface area contributed by atoms with Crippen LogP contribution in [-0.2, 0) is 14.3 Å². The summed E-state index contributed by atoms with van der Waals surface area (Å²) in [6.07, 6.45) is 98.7. The molecule has 6 nitrogen and oxygen atoms in total. The Morgan fingerprint density at radius 1 is 0.310 bits per heavy atom. The van der Waals surface area contributed by atoms with Crippen LogP contribution >= 0.6 is 0 Å². The molecular formula is C81H157NO5. The van der Waals surface area contributed by atoms with Crippen LogP contribution in [0.15, 0.2) is 24.3 Å². The van der Waals surface area contributed by atoms with Gasteiger partial charge in [0, 0.05) is 12.8 Å². The Bertz CT molecular complexity index is 1360. The second-order valence-electron chi connectivity index (χ2n) is 27.8. The van der Waals surface area contributed by atoms with Gasteiger partial charge in [-0.05, 0) is 57.8 Å². The van der Waals surface area contributed by atoms with Crippen LogP contribution in [0.25, 0.3) is 0 Å². The lowest BCUT2D eigenvalue weighted by Gasteiger charge is -2.20. The normalized spacial score (nSPS) is 12.6. The Morgan fingerprint density at radius 3 is 0.816 bits per heavy atom. The smallest absolute Gasteiger partial charge is 0.305 e. The molecule has 0 saturated heterocycles. The first-order valence-corrected chi connectivity index (χ1v) is 40.1. The van der Waals surface area contributed by atoms with Gasteiger partial charge in [0.15, 0.2) is 0 Å². The molecule has 0 fully saturated rings. The van der Waals surface area contributed by atoms with E-state index in [0.717, 1.165) is 38.5 Å². The third kappa shape index (κ3) is 73.3. The fraction of sp³-hybridized carbons (Fsp3) is 0.926. The Labute approximate surface area is 545 Å². The summed E-state index contributed by atoms with van der Waals surface area (Å²) in [7, 11) is 0. The summed E-state index contributed by atoms with van der Waals surface area (Å²) in [5.41, 5.74) is 0. The first-order valence-electron chi connectivity index (χ1n) is 40.1. The Hall–Kier alpha value is -1.66. The van der Waals surface area contributed by atoms with E-state index >= 15 is 0 Å². The Balaban J connectivity index is 3.35. The number of hydrogen-bond acceptors (Lipinski definition) is 5. The van der Waals surface area contributed by atoms with E-state index in [4.69, 9.17) is 4.74 Å². The number of carbonyl (C=O) groups excluding carboxylic acids is 2. The molecule has 2 unspecified atom stereocenters. The first kappa shape index (κ1) is 85.3. The number of nitrogens with one attached hydrogen (secondary N) is 1. The summed E-state index contributed by atoms with van der Waals surface area (Å²) >= 11 is 0. The summed E-state index contributed by atoms with van der Waals surface area (Å²) in [5, 5.41) is 23.3. The van der Waals surface area contributed by atoms with E-state index in [2.05, 4.69) is 31.3 Å². The minimum Gasteiger partial charge on any atom is -0.466 e. The molecule has 2 atom stereocenters. The molecule has 3 N–H and O–H groups in total. The van der Waals surface area contributed by atoms with Crippen molar-refractivity contribution in [2.45, 2.75) is 469 Å². The van der Waals surface area contributed by atoms with E-state index in [0.29, 0.717) is 19.4 Å². The first-order chi connectivity index (χ1) is 43.0. The highest BCUT2D eigenvalue weighted by molar-refractivity contribution is 5.76. The third-order valence-corrected chi connectivity index (χ3v) is 19.0. The molecule has 0 aromatic rings. The second kappa shape index (κ2) is 76.8. The van der Waals surface area contributed by atoms with Gasteiger partial charge in [0.2, 0.25) is 5.91 Å². The number of aliphatic hydroxyl groups excluding tert-OH is 2. The van der Waals surface area contributed by atoms with Crippen molar-refractivity contribution in [3.63, 3.8) is 0 Å². The number of aliphatic hydroxyl groups is 2. The van der Waals surface area contributed by atoms with Crippen LogP contribution in [0.1, 0.15) is 457 Å². The summed E-state index contributed by atoms with van der Waals surface area (Å²) in [6, 6.07) is -0.626. The molecule has 0 aliphatic heterocycles. The molecule has 0 aliphatic carbocycles. The van der Waals surface area contributed by atoms with Gasteiger partial charge in [-0.3, -0.25) is 9.59 Å². The molecule has 0 saturated carbocycles. The zero-order valence-corrected chi connectivity index (χ0v) is 59.3. The van der Waals surface area contributed by atoms with Crippen LogP contribution in [0, 0.1) is 0 Å². The molecule has 0 heterocycles. The van der Waals surface area contributed by atoms with Gasteiger partial charge in [-0.15, -0.1) is 0 Å². The van der Waals surface area contributed by atoms with Gasteiger partial charge in [0.05, 0.1) is 25.4 Å². The van der Waals surface area contributed by atoms with Crippen molar-refractivity contribution in [3.8, 4) is 0 Å². The lowest BCUT2D eigenvalue weighted by Crippen LogP contribution is -2.45. The van der Waals surface area contributed by atoms with E-state index in [1.807, 2.05) is 6.08 Å². The number of ether oxygens (including phenoxy) is 1. The molecule has 0 aromatic carbocycles. The molecule has 0 bridgehead atoms. The summed E-state index contributed by atoms with van der Waals surface area (Å²) in [4.78, 5) is 24.7. The zero-order chi connectivity index (χ0) is 62.8. The molecule has 516 valence electrons. The Morgan fingerprint density at radius 2 is 0.540 bits per heavy atom. The number of hydrogen-bond donors (Lipinski definition) is 3. The highest BCUT2D eigenvalue weighted by Crippen LogP contribution is 2.20. The lowest BCUT2D eigenvalue weighted by atomic mass is 10.0. The van der Waals surface area contributed by atoms with Gasteiger partial charge < -0.3 is 20.3 Å². The van der Waals surface area contributed by atoms with Gasteiger partial charge >= 0.3 is 5.97 Å². The maximum Gasteiger partial charge on any atom is 0.305 e. The predicted molar refractivity (Wildman–Crippen MR) is 384 cm³/mol. The molecule has 87 heavy (non-hydrogen) atoms. The molecule has 0 radical (unpaired) electrons. The van der Waals surface area contributed by atoms with Crippen molar-refractivity contribution in [1.29, 1.82) is 0 Å². The largest absolute Gasteiger partial charge is 0.466 e. The summed E-state index contributed by atoms with van der Waals surface area (Å²) in [6.45, 7) is 4.96. The minimum atomic E-state index is -0.843. The molecule has 0 spiro atoms. The van der Waals surface area contributed by atoms with E-state index in [1.165, 1.54) is 392 Å². The lowest BCUT2D eigenvalue weighted by molar-refractivity contribution is -0.143. The topological polar surface area (TPSA) is 95.9 Å². The van der Waals surface area contributed by atoms with Crippen LogP contribution in [0.4, 0.5) is 0 Å². The van der Waals surface area contributed by atoms with Crippen molar-refractivity contribution >= 4 is 11.9 Å².